The third kappa shape index (κ3) is 2.78. The number of carbonyl (C=O) groups excluding carboxylic acids is 1. The molecule has 0 amide bonds. The molecule has 3 rings (SSSR count). The van der Waals surface area contributed by atoms with Gasteiger partial charge >= 0.3 is 0 Å². The summed E-state index contributed by atoms with van der Waals surface area (Å²) in [5.74, 6) is -0.0162. The molecule has 21 heavy (non-hydrogen) atoms. The smallest absolute Gasteiger partial charge is 0.230 e. The van der Waals surface area contributed by atoms with Gasteiger partial charge in [0.25, 0.3) is 0 Å². The van der Waals surface area contributed by atoms with Crippen LogP contribution in [0, 0.1) is 5.82 Å². The van der Waals surface area contributed by atoms with Gasteiger partial charge in [-0.3, -0.25) is 4.79 Å². The minimum absolute atomic E-state index is 0.148. The first-order valence-electron chi connectivity index (χ1n) is 6.15. The van der Waals surface area contributed by atoms with Gasteiger partial charge in [0.05, 0.1) is 15.6 Å². The largest absolute Gasteiger partial charge is 0.437 e. The molecule has 0 aliphatic heterocycles. The second-order valence-corrected chi connectivity index (χ2v) is 5.22. The number of hydrogen-bond acceptors (Lipinski definition) is 3. The van der Waals surface area contributed by atoms with Crippen molar-refractivity contribution in [2.75, 3.05) is 0 Å². The van der Waals surface area contributed by atoms with Crippen molar-refractivity contribution in [1.82, 2.24) is 4.98 Å². The first-order chi connectivity index (χ1) is 10.2. The summed E-state index contributed by atoms with van der Waals surface area (Å²) < 4.78 is 19.5. The number of aldehydes is 1. The van der Waals surface area contributed by atoms with E-state index < -0.39 is 5.82 Å². The molecule has 104 valence electrons. The van der Waals surface area contributed by atoms with E-state index in [2.05, 4.69) is 20.9 Å². The fourth-order valence-corrected chi connectivity index (χ4v) is 2.27. The SMILES string of the molecule is O=Cc1cc2ccccc2nc1Oc1cc(F)ccc1Br. The number of para-hydroxylation sites is 1. The van der Waals surface area contributed by atoms with Crippen LogP contribution in [0.1, 0.15) is 10.4 Å². The number of pyridine rings is 1. The Hall–Kier alpha value is -2.27. The summed E-state index contributed by atoms with van der Waals surface area (Å²) in [6, 6.07) is 13.2. The molecule has 0 bridgehead atoms. The third-order valence-corrected chi connectivity index (χ3v) is 3.60. The number of benzene rings is 2. The molecule has 0 spiro atoms. The molecular weight excluding hydrogens is 337 g/mol. The number of ether oxygens (including phenoxy) is 1. The molecule has 0 saturated carbocycles. The van der Waals surface area contributed by atoms with Gasteiger partial charge < -0.3 is 4.74 Å². The van der Waals surface area contributed by atoms with Crippen molar-refractivity contribution in [3.8, 4) is 11.6 Å². The van der Waals surface area contributed by atoms with E-state index in [1.807, 2.05) is 24.3 Å². The Morgan fingerprint density at radius 3 is 2.76 bits per heavy atom. The Balaban J connectivity index is 2.10. The number of halogens is 2. The maximum atomic E-state index is 13.3. The first kappa shape index (κ1) is 13.7. The number of hydrogen-bond donors (Lipinski definition) is 0. The van der Waals surface area contributed by atoms with Gasteiger partial charge in [0.1, 0.15) is 11.6 Å². The first-order valence-corrected chi connectivity index (χ1v) is 6.94. The number of carbonyl (C=O) groups is 1. The predicted octanol–water partition coefficient (Wildman–Crippen LogP) is 4.74. The maximum Gasteiger partial charge on any atom is 0.230 e. The van der Waals surface area contributed by atoms with E-state index in [4.69, 9.17) is 4.74 Å². The highest BCUT2D eigenvalue weighted by atomic mass is 79.9. The molecule has 0 aliphatic carbocycles. The zero-order chi connectivity index (χ0) is 14.8. The molecule has 5 heteroatoms. The van der Waals surface area contributed by atoms with Crippen LogP contribution in [0.5, 0.6) is 11.6 Å². The predicted molar refractivity (Wildman–Crippen MR) is 81.3 cm³/mol. The van der Waals surface area contributed by atoms with Gasteiger partial charge in [-0.1, -0.05) is 18.2 Å². The summed E-state index contributed by atoms with van der Waals surface area (Å²) in [6.45, 7) is 0. The van der Waals surface area contributed by atoms with Crippen molar-refractivity contribution in [3.63, 3.8) is 0 Å². The number of nitrogens with zero attached hydrogens (tertiary/aromatic N) is 1. The summed E-state index contributed by atoms with van der Waals surface area (Å²) in [4.78, 5) is 15.5. The lowest BCUT2D eigenvalue weighted by Gasteiger charge is -2.10. The molecular formula is C16H9BrFNO2. The van der Waals surface area contributed by atoms with Crippen molar-refractivity contribution < 1.29 is 13.9 Å². The molecule has 1 aromatic heterocycles. The summed E-state index contributed by atoms with van der Waals surface area (Å²) in [5, 5.41) is 0.838. The van der Waals surface area contributed by atoms with Gasteiger partial charge in [-0.05, 0) is 40.2 Å². The Morgan fingerprint density at radius 1 is 1.14 bits per heavy atom. The topological polar surface area (TPSA) is 39.2 Å². The van der Waals surface area contributed by atoms with E-state index in [1.54, 1.807) is 6.07 Å². The van der Waals surface area contributed by atoms with Crippen LogP contribution in [0.3, 0.4) is 0 Å². The summed E-state index contributed by atoms with van der Waals surface area (Å²) >= 11 is 3.28. The molecule has 0 atom stereocenters. The summed E-state index contributed by atoms with van der Waals surface area (Å²) in [6.07, 6.45) is 0.669. The molecule has 0 fully saturated rings. The van der Waals surface area contributed by atoms with E-state index in [1.165, 1.54) is 18.2 Å². The second-order valence-electron chi connectivity index (χ2n) is 4.37. The van der Waals surface area contributed by atoms with Crippen LogP contribution in [0.25, 0.3) is 10.9 Å². The highest BCUT2D eigenvalue weighted by molar-refractivity contribution is 9.10. The molecule has 0 aliphatic rings. The highest BCUT2D eigenvalue weighted by Crippen LogP contribution is 2.31. The summed E-state index contributed by atoms with van der Waals surface area (Å²) in [5.41, 5.74) is 1.01. The van der Waals surface area contributed by atoms with Crippen LogP contribution < -0.4 is 4.74 Å². The molecule has 0 unspecified atom stereocenters. The standard InChI is InChI=1S/C16H9BrFNO2/c17-13-6-5-12(18)8-15(13)21-16-11(9-20)7-10-3-1-2-4-14(10)19-16/h1-9H. The Morgan fingerprint density at radius 2 is 1.95 bits per heavy atom. The second kappa shape index (κ2) is 5.61. The van der Waals surface area contributed by atoms with Crippen molar-refractivity contribution in [2.24, 2.45) is 0 Å². The third-order valence-electron chi connectivity index (χ3n) is 2.94. The normalized spacial score (nSPS) is 10.6. The van der Waals surface area contributed by atoms with E-state index in [9.17, 15) is 9.18 Å². The monoisotopic (exact) mass is 345 g/mol. The number of rotatable bonds is 3. The quantitative estimate of drug-likeness (QED) is 0.643. The fourth-order valence-electron chi connectivity index (χ4n) is 1.94. The van der Waals surface area contributed by atoms with E-state index >= 15 is 0 Å². The van der Waals surface area contributed by atoms with Crippen LogP contribution in [0.15, 0.2) is 53.0 Å². The van der Waals surface area contributed by atoms with Crippen LogP contribution in [0.4, 0.5) is 4.39 Å². The van der Waals surface area contributed by atoms with Gasteiger partial charge in [0, 0.05) is 11.5 Å². The van der Waals surface area contributed by atoms with E-state index in [0.717, 1.165) is 5.39 Å². The molecule has 2 aromatic carbocycles. The fraction of sp³-hybridized carbons (Fsp3) is 0. The lowest BCUT2D eigenvalue weighted by Crippen LogP contribution is -1.96. The van der Waals surface area contributed by atoms with Crippen molar-refractivity contribution >= 4 is 33.1 Å². The minimum Gasteiger partial charge on any atom is -0.437 e. The molecule has 0 radical (unpaired) electrons. The average Bonchev–Trinajstić information content (AvgIpc) is 2.50. The molecule has 0 N–H and O–H groups in total. The van der Waals surface area contributed by atoms with Gasteiger partial charge in [0.2, 0.25) is 5.88 Å². The molecule has 3 nitrogen and oxygen atoms in total. The molecule has 0 saturated heterocycles. The van der Waals surface area contributed by atoms with Gasteiger partial charge in [0.15, 0.2) is 6.29 Å². The Bertz CT molecular complexity index is 836. The van der Waals surface area contributed by atoms with Gasteiger partial charge in [-0.25, -0.2) is 9.37 Å². The van der Waals surface area contributed by atoms with Crippen molar-refractivity contribution in [1.29, 1.82) is 0 Å². The Kier molecular flexibility index (Phi) is 3.66. The minimum atomic E-state index is -0.429. The summed E-state index contributed by atoms with van der Waals surface area (Å²) in [7, 11) is 0. The lowest BCUT2D eigenvalue weighted by atomic mass is 10.1. The number of aromatic nitrogens is 1. The van der Waals surface area contributed by atoms with Crippen molar-refractivity contribution in [2.45, 2.75) is 0 Å². The maximum absolute atomic E-state index is 13.3. The van der Waals surface area contributed by atoms with Gasteiger partial charge in [-0.2, -0.15) is 0 Å². The van der Waals surface area contributed by atoms with Gasteiger partial charge in [-0.15, -0.1) is 0 Å². The molecule has 3 aromatic rings. The number of fused-ring (bicyclic) bond motifs is 1. The van der Waals surface area contributed by atoms with Crippen LogP contribution >= 0.6 is 15.9 Å². The Labute approximate surface area is 128 Å². The van der Waals surface area contributed by atoms with Crippen LogP contribution in [-0.4, -0.2) is 11.3 Å². The lowest BCUT2D eigenvalue weighted by molar-refractivity contribution is 0.112. The van der Waals surface area contributed by atoms with Crippen LogP contribution in [0.2, 0.25) is 0 Å². The van der Waals surface area contributed by atoms with E-state index in [0.29, 0.717) is 21.8 Å². The molecule has 1 heterocycles. The van der Waals surface area contributed by atoms with E-state index in [-0.39, 0.29) is 11.6 Å². The highest BCUT2D eigenvalue weighted by Gasteiger charge is 2.11. The van der Waals surface area contributed by atoms with Crippen molar-refractivity contribution in [3.05, 3.63) is 64.4 Å². The van der Waals surface area contributed by atoms with Crippen LogP contribution in [-0.2, 0) is 0 Å². The average molecular weight is 346 g/mol. The zero-order valence-corrected chi connectivity index (χ0v) is 12.3. The zero-order valence-electron chi connectivity index (χ0n) is 10.7.